The molecule has 83 heavy (non-hydrogen) atoms. The number of esters is 2. The van der Waals surface area contributed by atoms with Gasteiger partial charge in [-0.2, -0.15) is 0 Å². The highest BCUT2D eigenvalue weighted by Gasteiger charge is 2.25. The molecule has 0 saturated carbocycles. The van der Waals surface area contributed by atoms with Crippen molar-refractivity contribution in [2.75, 3.05) is 47.5 Å². The van der Waals surface area contributed by atoms with E-state index in [1.165, 1.54) is 25.7 Å². The van der Waals surface area contributed by atoms with Crippen molar-refractivity contribution in [2.45, 2.75) is 232 Å². The summed E-state index contributed by atoms with van der Waals surface area (Å²) in [5, 5.41) is 9.73. The maximum atomic E-state index is 12.9. The molecule has 9 heteroatoms. The molecule has 0 aromatic rings. The molecule has 0 amide bonds. The predicted molar refractivity (Wildman–Crippen MR) is 354 cm³/mol. The van der Waals surface area contributed by atoms with E-state index in [1.807, 2.05) is 21.1 Å². The number of allylic oxidation sites excluding steroid dienone is 28. The smallest absolute Gasteiger partial charge is 0.361 e. The Balaban J connectivity index is 4.27. The lowest BCUT2D eigenvalue weighted by Gasteiger charge is -2.25. The molecule has 0 fully saturated rings. The second-order valence-corrected chi connectivity index (χ2v) is 22.0. The van der Waals surface area contributed by atoms with E-state index in [4.69, 9.17) is 18.9 Å². The van der Waals surface area contributed by atoms with E-state index in [2.05, 4.69) is 184 Å². The zero-order valence-corrected chi connectivity index (χ0v) is 53.0. The van der Waals surface area contributed by atoms with Crippen molar-refractivity contribution in [3.05, 3.63) is 170 Å². The van der Waals surface area contributed by atoms with Crippen molar-refractivity contribution in [1.29, 1.82) is 0 Å². The molecule has 0 aliphatic rings. The lowest BCUT2D eigenvalue weighted by atomic mass is 10.1. The number of hydrogen-bond acceptors (Lipinski definition) is 7. The van der Waals surface area contributed by atoms with Crippen LogP contribution < -0.4 is 0 Å². The van der Waals surface area contributed by atoms with Gasteiger partial charge in [-0.15, -0.1) is 0 Å². The summed E-state index contributed by atoms with van der Waals surface area (Å²) in [7, 11) is 5.95. The third-order valence-corrected chi connectivity index (χ3v) is 13.0. The van der Waals surface area contributed by atoms with Crippen LogP contribution in [0.5, 0.6) is 0 Å². The Labute approximate surface area is 507 Å². The molecule has 0 aromatic heterocycles. The van der Waals surface area contributed by atoms with E-state index < -0.39 is 24.3 Å². The lowest BCUT2D eigenvalue weighted by Crippen LogP contribution is -2.40. The van der Waals surface area contributed by atoms with E-state index in [9.17, 15) is 19.5 Å². The minimum atomic E-state index is -1.53. The van der Waals surface area contributed by atoms with Crippen LogP contribution in [0.3, 0.4) is 0 Å². The van der Waals surface area contributed by atoms with Gasteiger partial charge in [-0.05, 0) is 128 Å². The van der Waals surface area contributed by atoms with Crippen LogP contribution in [0.1, 0.15) is 219 Å². The van der Waals surface area contributed by atoms with Crippen molar-refractivity contribution in [2.24, 2.45) is 0 Å². The topological polar surface area (TPSA) is 108 Å². The quantitative estimate of drug-likeness (QED) is 0.0211. The second-order valence-electron chi connectivity index (χ2n) is 22.0. The number of aliphatic carboxylic acids is 1. The molecule has 0 aliphatic heterocycles. The summed E-state index contributed by atoms with van der Waals surface area (Å²) in [6.07, 6.45) is 91.5. The molecule has 9 nitrogen and oxygen atoms in total. The fourth-order valence-electron chi connectivity index (χ4n) is 8.09. The van der Waals surface area contributed by atoms with Gasteiger partial charge in [-0.25, -0.2) is 4.79 Å². The molecular weight excluding hydrogens is 1030 g/mol. The molecule has 0 aromatic carbocycles. The van der Waals surface area contributed by atoms with Gasteiger partial charge in [0.15, 0.2) is 6.10 Å². The number of rotatable bonds is 57. The second kappa shape index (κ2) is 62.7. The average molecular weight is 1150 g/mol. The maximum absolute atomic E-state index is 12.9. The number of likely N-dealkylation sites (N-methyl/N-ethyl adjacent to an activating group) is 1. The molecule has 0 aliphatic carbocycles. The van der Waals surface area contributed by atoms with Gasteiger partial charge in [0.25, 0.3) is 6.29 Å². The fourth-order valence-corrected chi connectivity index (χ4v) is 8.09. The Bertz CT molecular complexity index is 1960. The van der Waals surface area contributed by atoms with E-state index in [0.717, 1.165) is 161 Å². The normalized spacial score (nSPS) is 13.9. The Kier molecular flexibility index (Phi) is 58.6. The zero-order valence-electron chi connectivity index (χ0n) is 53.0. The number of carbonyl (C=O) groups is 3. The van der Waals surface area contributed by atoms with Crippen molar-refractivity contribution < 1.29 is 42.9 Å². The van der Waals surface area contributed by atoms with Gasteiger partial charge in [0.05, 0.1) is 34.4 Å². The van der Waals surface area contributed by atoms with E-state index in [0.29, 0.717) is 17.4 Å². The molecule has 0 radical (unpaired) electrons. The minimum absolute atomic E-state index is 0.173. The van der Waals surface area contributed by atoms with Crippen LogP contribution in [0.15, 0.2) is 170 Å². The molecule has 0 spiro atoms. The van der Waals surface area contributed by atoms with Crippen LogP contribution >= 0.6 is 0 Å². The van der Waals surface area contributed by atoms with E-state index >= 15 is 0 Å². The van der Waals surface area contributed by atoms with Gasteiger partial charge in [0.1, 0.15) is 13.2 Å². The van der Waals surface area contributed by atoms with Gasteiger partial charge >= 0.3 is 17.9 Å². The summed E-state index contributed by atoms with van der Waals surface area (Å²) < 4.78 is 22.9. The number of carboxylic acid groups (broad SMARTS) is 1. The molecule has 1 N–H and O–H groups in total. The Hall–Kier alpha value is -5.35. The molecule has 0 bridgehead atoms. The summed E-state index contributed by atoms with van der Waals surface area (Å²) in [5.41, 5.74) is 0. The highest BCUT2D eigenvalue weighted by Crippen LogP contribution is 2.14. The molecule has 0 rings (SSSR count). The summed E-state index contributed by atoms with van der Waals surface area (Å²) in [5.74, 6) is -2.06. The number of ether oxygens (including phenoxy) is 4. The first-order chi connectivity index (χ1) is 40.6. The highest BCUT2D eigenvalue weighted by atomic mass is 16.7. The number of quaternary nitrogens is 1. The first-order valence-corrected chi connectivity index (χ1v) is 32.3. The SMILES string of the molecule is CC/C=C\C/C=C\C/C=C\C/C=C\C/C=C\C/C=C\C/C=C\C/C=C\C/C=C\C/C=C\CCCCCCCCC(=O)OC(COC(=O)CCCCCCCCCC/C=C\C/C=C\C/C=C\C/C=C\CC)COC(OCC[N+](C)(C)C)C(=O)O. The number of unbranched alkanes of at least 4 members (excludes halogenated alkanes) is 14. The summed E-state index contributed by atoms with van der Waals surface area (Å²) in [6, 6.07) is 0. The number of hydrogen-bond donors (Lipinski definition) is 1. The third kappa shape index (κ3) is 64.1. The number of nitrogens with zero attached hydrogens (tertiary/aromatic N) is 1. The van der Waals surface area contributed by atoms with Gasteiger partial charge in [-0.3, -0.25) is 9.59 Å². The van der Waals surface area contributed by atoms with Crippen molar-refractivity contribution in [3.8, 4) is 0 Å². The van der Waals surface area contributed by atoms with Crippen LogP contribution in [0.2, 0.25) is 0 Å². The third-order valence-electron chi connectivity index (χ3n) is 13.0. The van der Waals surface area contributed by atoms with Gasteiger partial charge in [0, 0.05) is 12.8 Å². The van der Waals surface area contributed by atoms with E-state index in [1.54, 1.807) is 0 Å². The standard InChI is InChI=1S/C74H117NO8/c1-6-8-10-12-14-16-18-20-22-24-26-28-29-30-31-32-33-34-35-36-37-38-39-40-41-42-43-45-47-49-51-53-55-57-59-61-63-65-72(77)83-70(69-82-74(73(78)79)80-67-66-75(3,4)5)68-81-71(76)64-62-60-58-56-54-52-50-48-46-44-27-25-23-21-19-17-15-13-11-9-7-2/h8-11,14-17,20-23,26-28,30-31,33-34,36-37,39-40,42-44,47,49,70,74H,6-7,12-13,18-19,24-25,29,32,35,38,41,45-46,48,50-69H2,1-5H3/p+1/b10-8-,11-9-,16-14-,17-15-,22-20-,23-21-,28-26-,31-30-,34-33-,37-36-,40-39-,43-42-,44-27-,49-47-. The van der Waals surface area contributed by atoms with Crippen LogP contribution in [0.25, 0.3) is 0 Å². The van der Waals surface area contributed by atoms with Gasteiger partial charge in [-0.1, -0.05) is 248 Å². The van der Waals surface area contributed by atoms with E-state index in [-0.39, 0.29) is 38.6 Å². The van der Waals surface area contributed by atoms with Crippen molar-refractivity contribution in [1.82, 2.24) is 0 Å². The van der Waals surface area contributed by atoms with Gasteiger partial charge in [0.2, 0.25) is 0 Å². The first kappa shape index (κ1) is 77.7. The lowest BCUT2D eigenvalue weighted by molar-refractivity contribution is -0.870. The van der Waals surface area contributed by atoms with Crippen LogP contribution in [0.4, 0.5) is 0 Å². The summed E-state index contributed by atoms with van der Waals surface area (Å²) in [4.78, 5) is 37.5. The highest BCUT2D eigenvalue weighted by molar-refractivity contribution is 5.71. The van der Waals surface area contributed by atoms with Crippen molar-refractivity contribution in [3.63, 3.8) is 0 Å². The molecule has 0 heterocycles. The molecular formula is C74H118NO8+. The molecule has 2 unspecified atom stereocenters. The monoisotopic (exact) mass is 1150 g/mol. The zero-order chi connectivity index (χ0) is 60.5. The number of carbonyl (C=O) groups excluding carboxylic acids is 2. The van der Waals surface area contributed by atoms with Crippen LogP contribution in [-0.4, -0.2) is 87.4 Å². The summed E-state index contributed by atoms with van der Waals surface area (Å²) >= 11 is 0. The largest absolute Gasteiger partial charge is 0.477 e. The molecule has 2 atom stereocenters. The Morgan fingerprint density at radius 1 is 0.361 bits per heavy atom. The van der Waals surface area contributed by atoms with Crippen LogP contribution in [-0.2, 0) is 33.3 Å². The number of carboxylic acids is 1. The van der Waals surface area contributed by atoms with Gasteiger partial charge < -0.3 is 28.5 Å². The Morgan fingerprint density at radius 2 is 0.651 bits per heavy atom. The molecule has 466 valence electrons. The maximum Gasteiger partial charge on any atom is 0.361 e. The van der Waals surface area contributed by atoms with Crippen LogP contribution in [0, 0.1) is 0 Å². The Morgan fingerprint density at radius 3 is 0.964 bits per heavy atom. The first-order valence-electron chi connectivity index (χ1n) is 32.3. The fraction of sp³-hybridized carbons (Fsp3) is 0.581. The summed E-state index contributed by atoms with van der Waals surface area (Å²) in [6.45, 7) is 4.60. The predicted octanol–water partition coefficient (Wildman–Crippen LogP) is 19.9. The van der Waals surface area contributed by atoms with Crippen molar-refractivity contribution >= 4 is 17.9 Å². The minimum Gasteiger partial charge on any atom is -0.477 e. The molecule has 0 saturated heterocycles. The average Bonchev–Trinajstić information content (AvgIpc) is 3.46.